The Balaban J connectivity index is 2.32. The number of esters is 1. The number of hydrogen-bond acceptors (Lipinski definition) is 3. The molecule has 0 spiro atoms. The van der Waals surface area contributed by atoms with Crippen molar-refractivity contribution in [2.45, 2.75) is 20.3 Å². The van der Waals surface area contributed by atoms with Crippen LogP contribution in [0.15, 0.2) is 35.0 Å². The molecular formula is C15H16O2S. The quantitative estimate of drug-likeness (QED) is 0.772. The first-order chi connectivity index (χ1) is 8.76. The van der Waals surface area contributed by atoms with Crippen molar-refractivity contribution >= 4 is 17.3 Å². The third-order valence-corrected chi connectivity index (χ3v) is 3.57. The van der Waals surface area contributed by atoms with Gasteiger partial charge >= 0.3 is 5.97 Å². The first-order valence-electron chi connectivity index (χ1n) is 6.08. The topological polar surface area (TPSA) is 26.3 Å². The van der Waals surface area contributed by atoms with Gasteiger partial charge in [-0.15, -0.1) is 0 Å². The molecule has 0 saturated heterocycles. The summed E-state index contributed by atoms with van der Waals surface area (Å²) >= 11 is 1.52. The SMILES string of the molecule is CCOC(=O)c1cscc1-c1ccc(CC)cc1. The van der Waals surface area contributed by atoms with Gasteiger partial charge in [0.25, 0.3) is 0 Å². The van der Waals surface area contributed by atoms with Crippen LogP contribution in [-0.2, 0) is 11.2 Å². The largest absolute Gasteiger partial charge is 0.462 e. The van der Waals surface area contributed by atoms with Gasteiger partial charge in [-0.25, -0.2) is 4.79 Å². The lowest BCUT2D eigenvalue weighted by molar-refractivity contribution is 0.0528. The van der Waals surface area contributed by atoms with Crippen LogP contribution in [0, 0.1) is 0 Å². The second-order valence-corrected chi connectivity index (χ2v) is 4.71. The zero-order chi connectivity index (χ0) is 13.0. The number of carbonyl (C=O) groups is 1. The third kappa shape index (κ3) is 2.62. The van der Waals surface area contributed by atoms with Gasteiger partial charge < -0.3 is 4.74 Å². The molecule has 2 rings (SSSR count). The highest BCUT2D eigenvalue weighted by molar-refractivity contribution is 7.08. The Kier molecular flexibility index (Phi) is 4.15. The average molecular weight is 260 g/mol. The number of benzene rings is 1. The number of rotatable bonds is 4. The Bertz CT molecular complexity index is 526. The number of aryl methyl sites for hydroxylation is 1. The second-order valence-electron chi connectivity index (χ2n) is 3.97. The molecule has 0 atom stereocenters. The average Bonchev–Trinajstić information content (AvgIpc) is 2.88. The van der Waals surface area contributed by atoms with E-state index in [2.05, 4.69) is 31.2 Å². The highest BCUT2D eigenvalue weighted by atomic mass is 32.1. The van der Waals surface area contributed by atoms with Gasteiger partial charge in [-0.05, 0) is 29.9 Å². The van der Waals surface area contributed by atoms with Gasteiger partial charge in [-0.1, -0.05) is 31.2 Å². The highest BCUT2D eigenvalue weighted by Gasteiger charge is 2.14. The fourth-order valence-electron chi connectivity index (χ4n) is 1.81. The van der Waals surface area contributed by atoms with E-state index >= 15 is 0 Å². The summed E-state index contributed by atoms with van der Waals surface area (Å²) in [5.41, 5.74) is 3.98. The maximum atomic E-state index is 11.8. The van der Waals surface area contributed by atoms with Crippen LogP contribution in [0.4, 0.5) is 0 Å². The van der Waals surface area contributed by atoms with Gasteiger partial charge in [-0.2, -0.15) is 11.3 Å². The summed E-state index contributed by atoms with van der Waals surface area (Å²) in [6.45, 7) is 4.35. The van der Waals surface area contributed by atoms with Crippen LogP contribution in [0.25, 0.3) is 11.1 Å². The maximum absolute atomic E-state index is 11.8. The van der Waals surface area contributed by atoms with E-state index in [1.807, 2.05) is 17.7 Å². The molecule has 0 fully saturated rings. The van der Waals surface area contributed by atoms with Crippen LogP contribution in [0.3, 0.4) is 0 Å². The predicted octanol–water partition coefficient (Wildman–Crippen LogP) is 4.15. The smallest absolute Gasteiger partial charge is 0.339 e. The highest BCUT2D eigenvalue weighted by Crippen LogP contribution is 2.28. The fraction of sp³-hybridized carbons (Fsp3) is 0.267. The van der Waals surface area contributed by atoms with E-state index < -0.39 is 0 Å². The molecule has 2 nitrogen and oxygen atoms in total. The number of carbonyl (C=O) groups excluding carboxylic acids is 1. The van der Waals surface area contributed by atoms with Crippen molar-refractivity contribution < 1.29 is 9.53 Å². The summed E-state index contributed by atoms with van der Waals surface area (Å²) in [5.74, 6) is -0.242. The summed E-state index contributed by atoms with van der Waals surface area (Å²) in [5, 5.41) is 3.84. The van der Waals surface area contributed by atoms with Crippen molar-refractivity contribution in [3.63, 3.8) is 0 Å². The van der Waals surface area contributed by atoms with E-state index in [4.69, 9.17) is 4.74 Å². The molecule has 18 heavy (non-hydrogen) atoms. The summed E-state index contributed by atoms with van der Waals surface area (Å²) < 4.78 is 5.06. The molecule has 0 amide bonds. The molecule has 3 heteroatoms. The van der Waals surface area contributed by atoms with Crippen LogP contribution in [0.2, 0.25) is 0 Å². The van der Waals surface area contributed by atoms with Crippen molar-refractivity contribution in [3.05, 3.63) is 46.2 Å². The number of ether oxygens (including phenoxy) is 1. The van der Waals surface area contributed by atoms with Gasteiger partial charge in [-0.3, -0.25) is 0 Å². The van der Waals surface area contributed by atoms with Crippen LogP contribution in [-0.4, -0.2) is 12.6 Å². The van der Waals surface area contributed by atoms with Gasteiger partial charge in [0.15, 0.2) is 0 Å². The zero-order valence-corrected chi connectivity index (χ0v) is 11.4. The molecule has 2 aromatic rings. The molecule has 0 saturated carbocycles. The predicted molar refractivity (Wildman–Crippen MR) is 75.1 cm³/mol. The minimum Gasteiger partial charge on any atom is -0.462 e. The van der Waals surface area contributed by atoms with Crippen LogP contribution in [0.1, 0.15) is 29.8 Å². The van der Waals surface area contributed by atoms with E-state index in [0.29, 0.717) is 12.2 Å². The van der Waals surface area contributed by atoms with Crippen molar-refractivity contribution in [2.24, 2.45) is 0 Å². The van der Waals surface area contributed by atoms with Gasteiger partial charge in [0.2, 0.25) is 0 Å². The van der Waals surface area contributed by atoms with Crippen LogP contribution < -0.4 is 0 Å². The minimum absolute atomic E-state index is 0.242. The molecule has 1 aromatic carbocycles. The maximum Gasteiger partial charge on any atom is 0.339 e. The summed E-state index contributed by atoms with van der Waals surface area (Å²) in [7, 11) is 0. The van der Waals surface area contributed by atoms with Crippen molar-refractivity contribution in [1.29, 1.82) is 0 Å². The molecule has 0 aliphatic carbocycles. The lowest BCUT2D eigenvalue weighted by atomic mass is 10.0. The molecule has 0 aliphatic heterocycles. The molecule has 0 radical (unpaired) electrons. The van der Waals surface area contributed by atoms with Crippen molar-refractivity contribution in [3.8, 4) is 11.1 Å². The van der Waals surface area contributed by atoms with Crippen molar-refractivity contribution in [2.75, 3.05) is 6.61 Å². The first kappa shape index (κ1) is 12.8. The van der Waals surface area contributed by atoms with Crippen LogP contribution in [0.5, 0.6) is 0 Å². The molecule has 0 aliphatic rings. The first-order valence-corrected chi connectivity index (χ1v) is 7.03. The molecule has 1 heterocycles. The van der Waals surface area contributed by atoms with E-state index in [0.717, 1.165) is 17.5 Å². The summed E-state index contributed by atoms with van der Waals surface area (Å²) in [4.78, 5) is 11.8. The number of hydrogen-bond donors (Lipinski definition) is 0. The zero-order valence-electron chi connectivity index (χ0n) is 10.6. The Morgan fingerprint density at radius 2 is 1.89 bits per heavy atom. The van der Waals surface area contributed by atoms with E-state index in [1.165, 1.54) is 16.9 Å². The summed E-state index contributed by atoms with van der Waals surface area (Å²) in [6, 6.07) is 8.32. The Morgan fingerprint density at radius 1 is 1.17 bits per heavy atom. The van der Waals surface area contributed by atoms with E-state index in [-0.39, 0.29) is 5.97 Å². The molecule has 0 N–H and O–H groups in total. The minimum atomic E-state index is -0.242. The molecule has 1 aromatic heterocycles. The van der Waals surface area contributed by atoms with Gasteiger partial charge in [0.1, 0.15) is 0 Å². The number of thiophene rings is 1. The molecule has 0 unspecified atom stereocenters. The standard InChI is InChI=1S/C15H16O2S/c1-3-11-5-7-12(8-6-11)13-9-18-10-14(13)15(16)17-4-2/h5-10H,3-4H2,1-2H3. The monoisotopic (exact) mass is 260 g/mol. The van der Waals surface area contributed by atoms with Crippen LogP contribution >= 0.6 is 11.3 Å². The fourth-order valence-corrected chi connectivity index (χ4v) is 2.63. The molecule has 94 valence electrons. The third-order valence-electron chi connectivity index (χ3n) is 2.83. The van der Waals surface area contributed by atoms with E-state index in [9.17, 15) is 4.79 Å². The van der Waals surface area contributed by atoms with Gasteiger partial charge in [0, 0.05) is 10.9 Å². The van der Waals surface area contributed by atoms with Gasteiger partial charge in [0.05, 0.1) is 12.2 Å². The summed E-state index contributed by atoms with van der Waals surface area (Å²) in [6.07, 6.45) is 1.02. The Hall–Kier alpha value is -1.61. The lowest BCUT2D eigenvalue weighted by Crippen LogP contribution is -2.04. The van der Waals surface area contributed by atoms with Crippen molar-refractivity contribution in [1.82, 2.24) is 0 Å². The Labute approximate surface area is 111 Å². The lowest BCUT2D eigenvalue weighted by Gasteiger charge is -2.05. The Morgan fingerprint density at radius 3 is 2.50 bits per heavy atom. The van der Waals surface area contributed by atoms with E-state index in [1.54, 1.807) is 0 Å². The normalized spacial score (nSPS) is 10.3. The molecule has 0 bridgehead atoms. The molecular weight excluding hydrogens is 244 g/mol. The second kappa shape index (κ2) is 5.83.